The Morgan fingerprint density at radius 2 is 2.00 bits per heavy atom. The van der Waals surface area contributed by atoms with Gasteiger partial charge in [-0.3, -0.25) is 9.59 Å². The molecule has 2 aliphatic rings. The van der Waals surface area contributed by atoms with Crippen LogP contribution in [0.2, 0.25) is 0 Å². The smallest absolute Gasteiger partial charge is 0.240 e. The van der Waals surface area contributed by atoms with Gasteiger partial charge in [0.2, 0.25) is 5.91 Å². The van der Waals surface area contributed by atoms with E-state index in [2.05, 4.69) is 0 Å². The van der Waals surface area contributed by atoms with Crippen molar-refractivity contribution >= 4 is 11.7 Å². The van der Waals surface area contributed by atoms with Gasteiger partial charge in [0.1, 0.15) is 30.3 Å². The second-order valence-electron chi connectivity index (χ2n) is 5.77. The molecule has 0 aromatic heterocycles. The molecule has 1 saturated heterocycles. The molecule has 3 N–H and O–H groups in total. The molecule has 7 nitrogen and oxygen atoms in total. The second kappa shape index (κ2) is 6.70. The molecule has 0 aliphatic carbocycles. The molecular weight excluding hydrogens is 290 g/mol. The molecule has 0 bridgehead atoms. The van der Waals surface area contributed by atoms with Crippen LogP contribution in [0.15, 0.2) is 23.9 Å². The molecule has 0 saturated carbocycles. The summed E-state index contributed by atoms with van der Waals surface area (Å²) in [5.41, 5.74) is 1.03. The third-order valence-electron chi connectivity index (χ3n) is 3.88. The molecule has 0 spiro atoms. The number of allylic oxidation sites excluding steroid dienone is 2. The molecule has 2 rings (SSSR count). The number of amides is 1. The van der Waals surface area contributed by atoms with Crippen molar-refractivity contribution in [2.24, 2.45) is 5.92 Å². The largest absolute Gasteiger partial charge is 0.394 e. The highest BCUT2D eigenvalue weighted by Gasteiger charge is 2.51. The number of aliphatic hydroxyl groups is 3. The zero-order chi connectivity index (χ0) is 16.4. The van der Waals surface area contributed by atoms with Crippen LogP contribution in [0.25, 0.3) is 0 Å². The van der Waals surface area contributed by atoms with Crippen molar-refractivity contribution in [3.63, 3.8) is 0 Å². The predicted molar refractivity (Wildman–Crippen MR) is 76.5 cm³/mol. The van der Waals surface area contributed by atoms with Gasteiger partial charge in [0, 0.05) is 12.7 Å². The fourth-order valence-electron chi connectivity index (χ4n) is 2.58. The number of carbonyl (C=O) groups excluding carboxylic acids is 2. The highest BCUT2D eigenvalue weighted by molar-refractivity contribution is 6.09. The Morgan fingerprint density at radius 1 is 1.32 bits per heavy atom. The first-order valence-electron chi connectivity index (χ1n) is 7.15. The number of hydrogen-bond donors (Lipinski definition) is 3. The lowest BCUT2D eigenvalue weighted by Gasteiger charge is -2.30. The Hall–Kier alpha value is -1.54. The van der Waals surface area contributed by atoms with Crippen molar-refractivity contribution in [2.45, 2.75) is 38.3 Å². The van der Waals surface area contributed by atoms with E-state index in [4.69, 9.17) is 9.84 Å². The summed E-state index contributed by atoms with van der Waals surface area (Å²) < 4.78 is 5.32. The van der Waals surface area contributed by atoms with Gasteiger partial charge in [-0.2, -0.15) is 0 Å². The molecule has 122 valence electrons. The fourth-order valence-corrected chi connectivity index (χ4v) is 2.58. The summed E-state index contributed by atoms with van der Waals surface area (Å²) >= 11 is 0. The minimum Gasteiger partial charge on any atom is -0.394 e. The second-order valence-corrected chi connectivity index (χ2v) is 5.77. The first-order valence-corrected chi connectivity index (χ1v) is 7.15. The van der Waals surface area contributed by atoms with Crippen molar-refractivity contribution in [3.8, 4) is 0 Å². The lowest BCUT2D eigenvalue weighted by Crippen LogP contribution is -2.49. The van der Waals surface area contributed by atoms with Crippen LogP contribution < -0.4 is 0 Å². The molecule has 0 aromatic rings. The molecule has 0 radical (unpaired) electrons. The molecule has 1 unspecified atom stereocenters. The summed E-state index contributed by atoms with van der Waals surface area (Å²) in [5.74, 6) is -2.18. The summed E-state index contributed by atoms with van der Waals surface area (Å²) in [6.07, 6.45) is -0.378. The van der Waals surface area contributed by atoms with E-state index in [1.165, 1.54) is 17.2 Å². The van der Waals surface area contributed by atoms with Gasteiger partial charge in [0.15, 0.2) is 5.78 Å². The zero-order valence-corrected chi connectivity index (χ0v) is 12.5. The molecule has 22 heavy (non-hydrogen) atoms. The maximum Gasteiger partial charge on any atom is 0.240 e. The highest BCUT2D eigenvalue weighted by Crippen LogP contribution is 2.30. The molecule has 7 heteroatoms. The number of aliphatic hydroxyl groups excluding tert-OH is 3. The summed E-state index contributed by atoms with van der Waals surface area (Å²) in [6.45, 7) is 3.61. The topological polar surface area (TPSA) is 107 Å². The van der Waals surface area contributed by atoms with Crippen LogP contribution in [0.4, 0.5) is 0 Å². The van der Waals surface area contributed by atoms with Crippen molar-refractivity contribution in [1.82, 2.24) is 4.90 Å². The van der Waals surface area contributed by atoms with E-state index >= 15 is 0 Å². The number of ketones is 1. The fraction of sp³-hybridized carbons (Fsp3) is 0.600. The van der Waals surface area contributed by atoms with Crippen LogP contribution in [0.5, 0.6) is 0 Å². The Labute approximate surface area is 128 Å². The van der Waals surface area contributed by atoms with E-state index in [1.54, 1.807) is 0 Å². The van der Waals surface area contributed by atoms with Crippen LogP contribution in [0.3, 0.4) is 0 Å². The molecule has 2 heterocycles. The average Bonchev–Trinajstić information content (AvgIpc) is 2.74. The van der Waals surface area contributed by atoms with E-state index in [0.29, 0.717) is 6.54 Å². The molecular formula is C15H21NO6. The van der Waals surface area contributed by atoms with Crippen molar-refractivity contribution < 1.29 is 29.6 Å². The third-order valence-corrected chi connectivity index (χ3v) is 3.88. The zero-order valence-electron chi connectivity index (χ0n) is 12.5. The van der Waals surface area contributed by atoms with E-state index in [1.807, 2.05) is 19.9 Å². The normalized spacial score (nSPS) is 35.1. The number of carbonyl (C=O) groups is 2. The van der Waals surface area contributed by atoms with Gasteiger partial charge in [0.25, 0.3) is 0 Å². The Bertz CT molecular complexity index is 510. The number of hydrogen-bond acceptors (Lipinski definition) is 6. The van der Waals surface area contributed by atoms with Gasteiger partial charge in [-0.05, 0) is 19.9 Å². The van der Waals surface area contributed by atoms with Gasteiger partial charge < -0.3 is 25.0 Å². The van der Waals surface area contributed by atoms with Gasteiger partial charge >= 0.3 is 0 Å². The van der Waals surface area contributed by atoms with Crippen LogP contribution in [0, 0.1) is 5.92 Å². The average molecular weight is 311 g/mol. The quantitative estimate of drug-likeness (QED) is 0.453. The van der Waals surface area contributed by atoms with Crippen molar-refractivity contribution in [3.05, 3.63) is 23.9 Å². The SMILES string of the molecule is CC(C)=CCN1C=CC(=O)C([C@@H]2O[C@H](CO)[C@@H](O)[C@H]2O)C1=O. The summed E-state index contributed by atoms with van der Waals surface area (Å²) in [7, 11) is 0. The minimum atomic E-state index is -1.40. The predicted octanol–water partition coefficient (Wildman–Crippen LogP) is -1.02. The standard InChI is InChI=1S/C15H21NO6/c1-8(2)3-5-16-6-4-9(18)11(15(16)21)14-13(20)12(19)10(7-17)22-14/h3-4,6,10-14,17,19-20H,5,7H2,1-2H3/t10-,11?,12-,13-,14+/m1/s1. The maximum absolute atomic E-state index is 12.5. The van der Waals surface area contributed by atoms with Gasteiger partial charge in [0.05, 0.1) is 6.61 Å². The van der Waals surface area contributed by atoms with Crippen LogP contribution in [0.1, 0.15) is 13.8 Å². The molecule has 2 aliphatic heterocycles. The first-order chi connectivity index (χ1) is 10.4. The molecule has 1 amide bonds. The van der Waals surface area contributed by atoms with Crippen molar-refractivity contribution in [1.29, 1.82) is 0 Å². The molecule has 5 atom stereocenters. The summed E-state index contributed by atoms with van der Waals surface area (Å²) in [4.78, 5) is 25.9. The monoisotopic (exact) mass is 311 g/mol. The molecule has 1 fully saturated rings. The van der Waals surface area contributed by atoms with Gasteiger partial charge in [-0.25, -0.2) is 0 Å². The Balaban J connectivity index is 2.20. The van der Waals surface area contributed by atoms with E-state index in [9.17, 15) is 19.8 Å². The van der Waals surface area contributed by atoms with Crippen LogP contribution >= 0.6 is 0 Å². The summed E-state index contributed by atoms with van der Waals surface area (Å²) in [5, 5.41) is 28.9. The van der Waals surface area contributed by atoms with Gasteiger partial charge in [-0.1, -0.05) is 11.6 Å². The Kier molecular flexibility index (Phi) is 5.12. The lowest BCUT2D eigenvalue weighted by atomic mass is 9.89. The number of rotatable bonds is 4. The van der Waals surface area contributed by atoms with Crippen LogP contribution in [-0.2, 0) is 14.3 Å². The van der Waals surface area contributed by atoms with Crippen LogP contribution in [-0.4, -0.2) is 69.5 Å². The van der Waals surface area contributed by atoms with Gasteiger partial charge in [-0.15, -0.1) is 0 Å². The van der Waals surface area contributed by atoms with E-state index in [0.717, 1.165) is 5.57 Å². The minimum absolute atomic E-state index is 0.316. The first kappa shape index (κ1) is 16.8. The van der Waals surface area contributed by atoms with Crippen molar-refractivity contribution in [2.75, 3.05) is 13.2 Å². The number of ether oxygens (including phenoxy) is 1. The highest BCUT2D eigenvalue weighted by atomic mass is 16.6. The summed E-state index contributed by atoms with van der Waals surface area (Å²) in [6, 6.07) is 0. The Morgan fingerprint density at radius 3 is 2.55 bits per heavy atom. The molecule has 0 aromatic carbocycles. The van der Waals surface area contributed by atoms with E-state index in [-0.39, 0.29) is 0 Å². The lowest BCUT2D eigenvalue weighted by molar-refractivity contribution is -0.148. The van der Waals surface area contributed by atoms with E-state index < -0.39 is 48.6 Å². The maximum atomic E-state index is 12.5. The third kappa shape index (κ3) is 3.12. The number of nitrogens with zero attached hydrogens (tertiary/aromatic N) is 1.